The lowest BCUT2D eigenvalue weighted by Gasteiger charge is -2.30. The van der Waals surface area contributed by atoms with Crippen LogP contribution >= 0.6 is 11.3 Å². The molecule has 10 heteroatoms. The van der Waals surface area contributed by atoms with Crippen molar-refractivity contribution in [1.29, 1.82) is 0 Å². The maximum Gasteiger partial charge on any atom is 0.166 e. The third-order valence-electron chi connectivity index (χ3n) is 8.29. The van der Waals surface area contributed by atoms with Gasteiger partial charge in [-0.1, -0.05) is 52.1 Å². The molecule has 2 fully saturated rings. The lowest BCUT2D eigenvalue weighted by atomic mass is 9.79. The Hall–Kier alpha value is -1.60. The molecule has 214 valence electrons. The average Bonchev–Trinajstić information content (AvgIpc) is 3.61. The van der Waals surface area contributed by atoms with E-state index in [1.165, 1.54) is 37.8 Å². The number of thiazole rings is 1. The Labute approximate surface area is 240 Å². The first-order chi connectivity index (χ1) is 18.6. The van der Waals surface area contributed by atoms with Gasteiger partial charge in [-0.15, -0.1) is 11.3 Å². The Kier molecular flexibility index (Phi) is 8.97. The van der Waals surface area contributed by atoms with Gasteiger partial charge in [-0.05, 0) is 43.2 Å². The molecule has 2 saturated carbocycles. The van der Waals surface area contributed by atoms with Gasteiger partial charge in [0.25, 0.3) is 0 Å². The van der Waals surface area contributed by atoms with Crippen molar-refractivity contribution in [3.8, 4) is 10.4 Å². The van der Waals surface area contributed by atoms with E-state index in [1.807, 2.05) is 22.4 Å². The number of ether oxygens (including phenoxy) is 2. The molecule has 0 spiro atoms. The van der Waals surface area contributed by atoms with Gasteiger partial charge in [0.05, 0.1) is 22.1 Å². The van der Waals surface area contributed by atoms with Crippen LogP contribution in [-0.4, -0.2) is 62.4 Å². The zero-order valence-corrected chi connectivity index (χ0v) is 27.6. The van der Waals surface area contributed by atoms with Crippen LogP contribution in [0.4, 0.5) is 5.82 Å². The number of nitrogens with zero attached hydrogens (tertiary/aromatic N) is 5. The molecule has 0 radical (unpaired) electrons. The fraction of sp³-hybridized carbons (Fsp3) is 0.690. The predicted octanol–water partition coefficient (Wildman–Crippen LogP) is 7.58. The molecular formula is C29H47N5O2SSi2. The van der Waals surface area contributed by atoms with Crippen molar-refractivity contribution in [2.75, 3.05) is 31.6 Å². The summed E-state index contributed by atoms with van der Waals surface area (Å²) in [6.45, 7) is 16.9. The van der Waals surface area contributed by atoms with Gasteiger partial charge in [0, 0.05) is 53.2 Å². The van der Waals surface area contributed by atoms with Crippen LogP contribution in [0, 0.1) is 11.8 Å². The maximum absolute atomic E-state index is 6.30. The summed E-state index contributed by atoms with van der Waals surface area (Å²) in [7, 11) is -2.35. The third-order valence-corrected chi connectivity index (χ3v) is 12.5. The van der Waals surface area contributed by atoms with Crippen LogP contribution in [0.5, 0.6) is 0 Å². The van der Waals surface area contributed by atoms with Crippen molar-refractivity contribution in [1.82, 2.24) is 19.6 Å². The van der Waals surface area contributed by atoms with Gasteiger partial charge in [-0.2, -0.15) is 9.61 Å². The first-order valence-electron chi connectivity index (χ1n) is 14.7. The molecule has 0 amide bonds. The number of fused-ring (bicyclic) bond motifs is 3. The van der Waals surface area contributed by atoms with Crippen LogP contribution < -0.4 is 4.90 Å². The molecule has 0 unspecified atom stereocenters. The monoisotopic (exact) mass is 585 g/mol. The van der Waals surface area contributed by atoms with E-state index in [0.29, 0.717) is 19.4 Å². The van der Waals surface area contributed by atoms with Gasteiger partial charge in [0.1, 0.15) is 19.3 Å². The summed E-state index contributed by atoms with van der Waals surface area (Å²) < 4.78 is 14.6. The quantitative estimate of drug-likeness (QED) is 0.117. The molecule has 3 heterocycles. The van der Waals surface area contributed by atoms with Crippen LogP contribution in [0.2, 0.25) is 51.4 Å². The second kappa shape index (κ2) is 12.1. The fourth-order valence-electron chi connectivity index (χ4n) is 5.95. The zero-order chi connectivity index (χ0) is 27.6. The van der Waals surface area contributed by atoms with E-state index in [0.717, 1.165) is 59.0 Å². The molecule has 2 aliphatic rings. The second-order valence-corrected chi connectivity index (χ2v) is 26.3. The van der Waals surface area contributed by atoms with E-state index in [9.17, 15) is 0 Å². The Morgan fingerprint density at radius 3 is 2.13 bits per heavy atom. The minimum absolute atomic E-state index is 0.488. The maximum atomic E-state index is 6.30. The van der Waals surface area contributed by atoms with Crippen LogP contribution in [0.25, 0.3) is 16.1 Å². The van der Waals surface area contributed by atoms with Crippen LogP contribution in [0.3, 0.4) is 0 Å². The summed E-state index contributed by atoms with van der Waals surface area (Å²) in [5, 5.41) is 4.85. The summed E-state index contributed by atoms with van der Waals surface area (Å²) in [6.07, 6.45) is 10.6. The highest BCUT2D eigenvalue weighted by Gasteiger charge is 2.36. The molecule has 3 aromatic rings. The lowest BCUT2D eigenvalue weighted by Crippen LogP contribution is -2.33. The van der Waals surface area contributed by atoms with Crippen molar-refractivity contribution in [2.45, 2.75) is 89.4 Å². The summed E-state index contributed by atoms with van der Waals surface area (Å²) in [5.74, 6) is 3.23. The van der Waals surface area contributed by atoms with Gasteiger partial charge >= 0.3 is 0 Å². The smallest absolute Gasteiger partial charge is 0.166 e. The van der Waals surface area contributed by atoms with Gasteiger partial charge in [0.2, 0.25) is 0 Å². The highest BCUT2D eigenvalue weighted by atomic mass is 32.1. The summed E-state index contributed by atoms with van der Waals surface area (Å²) in [4.78, 5) is 13.0. The molecule has 0 N–H and O–H groups in total. The number of rotatable bonds is 13. The Balaban J connectivity index is 1.47. The Morgan fingerprint density at radius 1 is 0.923 bits per heavy atom. The molecule has 2 aliphatic carbocycles. The highest BCUT2D eigenvalue weighted by Crippen LogP contribution is 2.48. The first kappa shape index (κ1) is 28.9. The molecule has 0 aromatic carbocycles. The summed E-state index contributed by atoms with van der Waals surface area (Å²) >= 11 is 1.64. The molecule has 7 nitrogen and oxygen atoms in total. The third kappa shape index (κ3) is 7.58. The Morgan fingerprint density at radius 2 is 1.56 bits per heavy atom. The molecule has 0 aliphatic heterocycles. The normalized spacial score (nSPS) is 21.6. The van der Waals surface area contributed by atoms with Crippen molar-refractivity contribution >= 4 is 38.9 Å². The van der Waals surface area contributed by atoms with Crippen LogP contribution in [0.15, 0.2) is 24.0 Å². The number of anilines is 1. The topological polar surface area (TPSA) is 64.8 Å². The SMILES string of the molecule is C[Si](C)(C)CCOCN(COCC[Si](C)(C)C)c1cc([C@H]2C[C@@H]3CC[C@@H](C3)C2)nc2c(-c3cncs3)cnn12. The van der Waals surface area contributed by atoms with Crippen molar-refractivity contribution in [2.24, 2.45) is 11.8 Å². The standard InChI is InChI=1S/C29H47N5O2SSi2/c1-38(2,3)11-9-35-20-33(21-36-10-12-39(4,5)6)28-16-26(24-14-22-7-8-23(13-22)15-24)32-29-25(17-31-34(28)29)27-18-30-19-37-27/h16-19,22-24H,7-15,20-21H2,1-6H3/t22-,23+,24+. The van der Waals surface area contributed by atoms with E-state index in [-0.39, 0.29) is 0 Å². The lowest BCUT2D eigenvalue weighted by molar-refractivity contribution is 0.0942. The molecule has 5 rings (SSSR count). The first-order valence-corrected chi connectivity index (χ1v) is 23.0. The summed E-state index contributed by atoms with van der Waals surface area (Å²) in [5.41, 5.74) is 5.06. The van der Waals surface area contributed by atoms with Gasteiger partial charge < -0.3 is 14.4 Å². The molecule has 3 atom stereocenters. The van der Waals surface area contributed by atoms with Gasteiger partial charge in [-0.25, -0.2) is 4.98 Å². The van der Waals surface area contributed by atoms with E-state index >= 15 is 0 Å². The summed E-state index contributed by atoms with van der Waals surface area (Å²) in [6, 6.07) is 4.59. The Bertz CT molecular complexity index is 1190. The molecule has 0 saturated heterocycles. The predicted molar refractivity (Wildman–Crippen MR) is 167 cm³/mol. The fourth-order valence-corrected chi connectivity index (χ4v) is 8.09. The minimum atomic E-state index is -1.17. The van der Waals surface area contributed by atoms with Gasteiger partial charge in [0.15, 0.2) is 5.65 Å². The van der Waals surface area contributed by atoms with E-state index in [4.69, 9.17) is 19.6 Å². The van der Waals surface area contributed by atoms with Gasteiger partial charge in [-0.3, -0.25) is 4.98 Å². The minimum Gasteiger partial charge on any atom is -0.361 e. The largest absolute Gasteiger partial charge is 0.361 e. The van der Waals surface area contributed by atoms with Crippen LogP contribution in [-0.2, 0) is 9.47 Å². The van der Waals surface area contributed by atoms with E-state index in [1.54, 1.807) is 11.3 Å². The van der Waals surface area contributed by atoms with Crippen molar-refractivity contribution < 1.29 is 9.47 Å². The number of aromatic nitrogens is 4. The highest BCUT2D eigenvalue weighted by molar-refractivity contribution is 7.13. The van der Waals surface area contributed by atoms with E-state index in [2.05, 4.69) is 55.2 Å². The number of hydrogen-bond acceptors (Lipinski definition) is 7. The van der Waals surface area contributed by atoms with Crippen molar-refractivity contribution in [3.63, 3.8) is 0 Å². The molecule has 2 bridgehead atoms. The second-order valence-electron chi connectivity index (χ2n) is 14.1. The average molecular weight is 586 g/mol. The molecular weight excluding hydrogens is 539 g/mol. The molecule has 39 heavy (non-hydrogen) atoms. The van der Waals surface area contributed by atoms with E-state index < -0.39 is 16.1 Å². The van der Waals surface area contributed by atoms with Crippen LogP contribution in [0.1, 0.15) is 43.7 Å². The zero-order valence-electron chi connectivity index (χ0n) is 24.8. The van der Waals surface area contributed by atoms with Crippen molar-refractivity contribution in [3.05, 3.63) is 29.7 Å². The molecule has 3 aromatic heterocycles. The number of hydrogen-bond donors (Lipinski definition) is 0.